The highest BCUT2D eigenvalue weighted by Crippen LogP contribution is 2.35. The lowest BCUT2D eigenvalue weighted by molar-refractivity contribution is -0.139. The molecule has 1 aliphatic carbocycles. The third-order valence-corrected chi connectivity index (χ3v) is 6.54. The fourth-order valence-electron chi connectivity index (χ4n) is 3.78. The van der Waals surface area contributed by atoms with Crippen LogP contribution in [0.3, 0.4) is 0 Å². The van der Waals surface area contributed by atoms with Crippen LogP contribution in [0.4, 0.5) is 0 Å². The molecule has 0 atom stereocenters. The van der Waals surface area contributed by atoms with E-state index in [9.17, 15) is 23.7 Å². The molecule has 0 heterocycles. The molecule has 1 aliphatic rings. The molecular weight excluding hydrogens is 595 g/mol. The van der Waals surface area contributed by atoms with Crippen molar-refractivity contribution in [2.45, 2.75) is 50.7 Å². The summed E-state index contributed by atoms with van der Waals surface area (Å²) in [5.74, 6) is -2.87. The van der Waals surface area contributed by atoms with Gasteiger partial charge in [-0.25, -0.2) is 4.57 Å². The van der Waals surface area contributed by atoms with E-state index in [1.165, 1.54) is 0 Å². The summed E-state index contributed by atoms with van der Waals surface area (Å²) >= 11 is 0. The molecule has 0 bridgehead atoms. The zero-order valence-electron chi connectivity index (χ0n) is 24.7. The number of rotatable bonds is 23. The van der Waals surface area contributed by atoms with Crippen molar-refractivity contribution in [2.24, 2.45) is 0 Å². The smallest absolute Gasteiger partial charge is 0.381 e. The van der Waals surface area contributed by atoms with Crippen molar-refractivity contribution < 1.29 is 61.7 Å². The van der Waals surface area contributed by atoms with Crippen molar-refractivity contribution in [1.29, 1.82) is 0 Å². The molecule has 0 radical (unpaired) electrons. The summed E-state index contributed by atoms with van der Waals surface area (Å²) in [6.45, 7) is 2.56. The summed E-state index contributed by atoms with van der Waals surface area (Å²) in [5.41, 5.74) is 0. The molecule has 0 aromatic rings. The summed E-state index contributed by atoms with van der Waals surface area (Å²) < 4.78 is 41.2. The van der Waals surface area contributed by atoms with Gasteiger partial charge in [0.25, 0.3) is 0 Å². The zero-order valence-corrected chi connectivity index (χ0v) is 25.6. The Morgan fingerprint density at radius 2 is 1.07 bits per heavy atom. The maximum Gasteiger partial charge on any atom is 0.469 e. The lowest BCUT2D eigenvalue weighted by Crippen LogP contribution is -2.46. The van der Waals surface area contributed by atoms with Crippen molar-refractivity contribution in [2.75, 3.05) is 86.2 Å². The summed E-state index contributed by atoms with van der Waals surface area (Å²) in [5, 5.41) is 10.2. The molecule has 1 fully saturated rings. The molecule has 17 nitrogen and oxygen atoms in total. The van der Waals surface area contributed by atoms with E-state index in [0.29, 0.717) is 59.0 Å². The summed E-state index contributed by atoms with van der Waals surface area (Å²) in [6, 6.07) is 0.00692. The van der Waals surface area contributed by atoms with Crippen molar-refractivity contribution in [1.82, 2.24) is 21.3 Å². The molecule has 0 unspecified atom stereocenters. The average molecular weight is 643 g/mol. The van der Waals surface area contributed by atoms with Gasteiger partial charge in [-0.15, -0.1) is 0 Å². The third kappa shape index (κ3) is 22.0. The van der Waals surface area contributed by atoms with Gasteiger partial charge in [0.2, 0.25) is 0 Å². The van der Waals surface area contributed by atoms with Crippen molar-refractivity contribution in [3.8, 4) is 0 Å². The van der Waals surface area contributed by atoms with Gasteiger partial charge in [0.15, 0.2) is 0 Å². The minimum Gasteiger partial charge on any atom is -0.381 e. The topological polar surface area (TPSA) is 229 Å². The zero-order chi connectivity index (χ0) is 31.8. The number of hydrogen-bond donors (Lipinski definition) is 6. The number of carbonyl (C=O) groups is 4. The number of methoxy groups -OCH3 is 1. The maximum atomic E-state index is 12.0. The van der Waals surface area contributed by atoms with E-state index in [1.807, 2.05) is 0 Å². The number of nitrogens with one attached hydrogen (secondary N) is 4. The Hall–Kier alpha value is -2.21. The van der Waals surface area contributed by atoms with E-state index >= 15 is 0 Å². The maximum absolute atomic E-state index is 12.0. The van der Waals surface area contributed by atoms with E-state index in [0.717, 1.165) is 25.7 Å². The van der Waals surface area contributed by atoms with Gasteiger partial charge in [-0.1, -0.05) is 0 Å². The van der Waals surface area contributed by atoms with Crippen molar-refractivity contribution in [3.63, 3.8) is 0 Å². The fraction of sp³-hybridized carbons (Fsp3) is 0.840. The number of hydrogen-bond acceptors (Lipinski definition) is 11. The van der Waals surface area contributed by atoms with Crippen LogP contribution < -0.4 is 21.3 Å². The molecule has 0 aromatic heterocycles. The van der Waals surface area contributed by atoms with E-state index in [4.69, 9.17) is 33.5 Å². The molecule has 1 saturated carbocycles. The molecule has 4 amide bonds. The molecule has 0 spiro atoms. The van der Waals surface area contributed by atoms with Gasteiger partial charge < -0.3 is 54.7 Å². The highest BCUT2D eigenvalue weighted by molar-refractivity contribution is 7.46. The van der Waals surface area contributed by atoms with Gasteiger partial charge in [0, 0.05) is 46.0 Å². The van der Waals surface area contributed by atoms with Crippen LogP contribution in [0.2, 0.25) is 0 Å². The van der Waals surface area contributed by atoms with Crippen LogP contribution in [0.25, 0.3) is 0 Å². The van der Waals surface area contributed by atoms with E-state index in [-0.39, 0.29) is 45.1 Å². The first-order chi connectivity index (χ1) is 20.6. The summed E-state index contributed by atoms with van der Waals surface area (Å²) in [6.07, 6.45) is 4.63. The minimum absolute atomic E-state index is 0.00692. The molecule has 0 saturated heterocycles. The third-order valence-electron chi connectivity index (χ3n) is 6.02. The van der Waals surface area contributed by atoms with Crippen LogP contribution in [-0.4, -0.2) is 132 Å². The monoisotopic (exact) mass is 642 g/mol. The Kier molecular flexibility index (Phi) is 21.8. The quantitative estimate of drug-likeness (QED) is 0.0418. The molecule has 1 rings (SSSR count). The Bertz CT molecular complexity index is 853. The van der Waals surface area contributed by atoms with Gasteiger partial charge in [-0.05, 0) is 38.5 Å². The molecule has 250 valence electrons. The van der Waals surface area contributed by atoms with Gasteiger partial charge in [0.05, 0.1) is 52.4 Å². The second kappa shape index (κ2) is 24.2. The predicted molar refractivity (Wildman–Crippen MR) is 151 cm³/mol. The van der Waals surface area contributed by atoms with Crippen LogP contribution in [0.5, 0.6) is 0 Å². The van der Waals surface area contributed by atoms with Gasteiger partial charge in [-0.3, -0.25) is 23.7 Å². The Morgan fingerprint density at radius 3 is 1.58 bits per heavy atom. The first kappa shape index (κ1) is 38.8. The predicted octanol–water partition coefficient (Wildman–Crippen LogP) is -1.64. The molecule has 0 aromatic carbocycles. The van der Waals surface area contributed by atoms with E-state index in [2.05, 4.69) is 25.8 Å². The van der Waals surface area contributed by atoms with Gasteiger partial charge in [0.1, 0.15) is 0 Å². The fourth-order valence-corrected chi connectivity index (χ4v) is 4.10. The van der Waals surface area contributed by atoms with Crippen molar-refractivity contribution >= 4 is 31.5 Å². The largest absolute Gasteiger partial charge is 0.469 e. The first-order valence-corrected chi connectivity index (χ1v) is 15.8. The number of carbonyl (C=O) groups excluding carboxylic acids is 4. The Labute approximate surface area is 251 Å². The lowest BCUT2D eigenvalue weighted by Gasteiger charge is -2.27. The molecular formula is C25H47N4O13P. The van der Waals surface area contributed by atoms with Crippen LogP contribution in [0, 0.1) is 0 Å². The SMILES string of the molecule is CO[C@H]1CC[C@H](NC(=O)C(=O)NCCCOCCOCCOCCCNC(=O)C(=O)NCCOCCOP(=O)(O)O)CC1. The number of phosphoric ester groups is 1. The second-order valence-electron chi connectivity index (χ2n) is 9.43. The van der Waals surface area contributed by atoms with Crippen molar-refractivity contribution in [3.05, 3.63) is 0 Å². The summed E-state index contributed by atoms with van der Waals surface area (Å²) in [4.78, 5) is 64.3. The number of amides is 4. The Morgan fingerprint density at radius 1 is 0.628 bits per heavy atom. The summed E-state index contributed by atoms with van der Waals surface area (Å²) in [7, 11) is -2.85. The van der Waals surface area contributed by atoms with Crippen LogP contribution >= 0.6 is 7.82 Å². The molecule has 6 N–H and O–H groups in total. The number of phosphoric acid groups is 1. The van der Waals surface area contributed by atoms with Crippen LogP contribution in [0.1, 0.15) is 38.5 Å². The average Bonchev–Trinajstić information content (AvgIpc) is 2.97. The van der Waals surface area contributed by atoms with Crippen LogP contribution in [-0.2, 0) is 52.0 Å². The molecule has 43 heavy (non-hydrogen) atoms. The molecule has 18 heteroatoms. The van der Waals surface area contributed by atoms with E-state index in [1.54, 1.807) is 7.11 Å². The number of ether oxygens (including phenoxy) is 5. The minimum atomic E-state index is -4.53. The highest BCUT2D eigenvalue weighted by Gasteiger charge is 2.24. The molecule has 0 aliphatic heterocycles. The lowest BCUT2D eigenvalue weighted by atomic mass is 9.93. The second-order valence-corrected chi connectivity index (χ2v) is 10.7. The normalized spacial score (nSPS) is 16.8. The van der Waals surface area contributed by atoms with E-state index < -0.39 is 31.5 Å². The highest BCUT2D eigenvalue weighted by atomic mass is 31.2. The standard InChI is InChI=1S/C25H47N4O13P/c1-37-21-6-4-20(5-7-21)29-25(33)24(32)27-9-3-12-39-15-17-41-16-14-38-11-2-8-26-22(30)23(31)28-10-13-40-18-19-42-43(34,35)36/h20-21H,2-19H2,1H3,(H,26,30)(H,27,32)(H,28,31)(H,29,33)(H2,34,35,36)/t20-,21-. The Balaban J connectivity index is 1.83. The van der Waals surface area contributed by atoms with Crippen LogP contribution in [0.15, 0.2) is 0 Å². The van der Waals surface area contributed by atoms with Gasteiger partial charge >= 0.3 is 31.5 Å². The van der Waals surface area contributed by atoms with Gasteiger partial charge in [-0.2, -0.15) is 0 Å². The first-order valence-electron chi connectivity index (χ1n) is 14.3.